The molecular formula is C30H30N4O5. The molecule has 4 amide bonds. The minimum Gasteiger partial charge on any atom is -0.508 e. The number of rotatable bonds is 6. The fraction of sp³-hybridized carbons (Fsp3) is 0.333. The van der Waals surface area contributed by atoms with Crippen LogP contribution in [-0.4, -0.2) is 57.0 Å². The van der Waals surface area contributed by atoms with E-state index in [0.717, 1.165) is 22.6 Å². The maximum absolute atomic E-state index is 14.2. The highest BCUT2D eigenvalue weighted by Gasteiger charge is 2.55. The van der Waals surface area contributed by atoms with Crippen molar-refractivity contribution < 1.29 is 19.5 Å². The molecule has 0 aliphatic carbocycles. The monoisotopic (exact) mass is 526 g/mol. The van der Waals surface area contributed by atoms with Gasteiger partial charge in [-0.05, 0) is 48.1 Å². The third-order valence-electron chi connectivity index (χ3n) is 8.23. The van der Waals surface area contributed by atoms with Crippen molar-refractivity contribution in [2.24, 2.45) is 11.3 Å². The largest absolute Gasteiger partial charge is 0.508 e. The van der Waals surface area contributed by atoms with Crippen LogP contribution < -0.4 is 10.9 Å². The lowest BCUT2D eigenvalue weighted by molar-refractivity contribution is -0.154. The van der Waals surface area contributed by atoms with E-state index in [-0.39, 0.29) is 42.7 Å². The minimum absolute atomic E-state index is 0.00338. The molecule has 39 heavy (non-hydrogen) atoms. The summed E-state index contributed by atoms with van der Waals surface area (Å²) >= 11 is 0. The maximum atomic E-state index is 14.2. The van der Waals surface area contributed by atoms with Crippen molar-refractivity contribution in [3.8, 4) is 5.75 Å². The van der Waals surface area contributed by atoms with Gasteiger partial charge in [-0.2, -0.15) is 0 Å². The number of hydrogen-bond donors (Lipinski definition) is 2. The zero-order chi connectivity index (χ0) is 27.1. The average Bonchev–Trinajstić information content (AvgIpc) is 2.92. The standard InChI is InChI=1S/C30H30N4O5/c35-24-11-9-20(10-12-24)14-30(27(37)31-29(39)34(28(30)38)16-21-5-2-1-3-6-21)19-32-15-22-13-23(18-32)25-7-4-8-26(36)33(25)17-22/h1-12,22-23,35H,13-19H2,(H,31,37,39). The Morgan fingerprint density at radius 1 is 0.846 bits per heavy atom. The van der Waals surface area contributed by atoms with Crippen LogP contribution in [-0.2, 0) is 29.1 Å². The Balaban J connectivity index is 1.35. The first-order valence-electron chi connectivity index (χ1n) is 13.2. The number of urea groups is 1. The molecule has 0 saturated carbocycles. The summed E-state index contributed by atoms with van der Waals surface area (Å²) < 4.78 is 1.85. The number of aromatic nitrogens is 1. The second-order valence-electron chi connectivity index (χ2n) is 11.0. The van der Waals surface area contributed by atoms with Gasteiger partial charge in [0.25, 0.3) is 5.56 Å². The van der Waals surface area contributed by atoms with Crippen LogP contribution in [0, 0.1) is 11.3 Å². The topological polar surface area (TPSA) is 112 Å². The van der Waals surface area contributed by atoms with Crippen molar-refractivity contribution >= 4 is 17.8 Å². The van der Waals surface area contributed by atoms with Crippen LogP contribution in [0.4, 0.5) is 4.79 Å². The summed E-state index contributed by atoms with van der Waals surface area (Å²) in [5.74, 6) is -0.722. The van der Waals surface area contributed by atoms with Gasteiger partial charge in [0.1, 0.15) is 11.2 Å². The Morgan fingerprint density at radius 2 is 1.62 bits per heavy atom. The molecule has 3 atom stereocenters. The zero-order valence-electron chi connectivity index (χ0n) is 21.5. The quantitative estimate of drug-likeness (QED) is 0.478. The lowest BCUT2D eigenvalue weighted by Gasteiger charge is -2.47. The third kappa shape index (κ3) is 4.63. The summed E-state index contributed by atoms with van der Waals surface area (Å²) in [5, 5.41) is 12.3. The van der Waals surface area contributed by atoms with Gasteiger partial charge in [-0.1, -0.05) is 48.5 Å². The molecule has 1 aromatic heterocycles. The summed E-state index contributed by atoms with van der Waals surface area (Å²) in [7, 11) is 0. The van der Waals surface area contributed by atoms with Crippen molar-refractivity contribution in [2.75, 3.05) is 19.6 Å². The van der Waals surface area contributed by atoms with Gasteiger partial charge in [0, 0.05) is 43.9 Å². The van der Waals surface area contributed by atoms with Gasteiger partial charge in [0.05, 0.1) is 6.54 Å². The van der Waals surface area contributed by atoms with Gasteiger partial charge in [-0.15, -0.1) is 0 Å². The van der Waals surface area contributed by atoms with E-state index in [1.165, 1.54) is 12.1 Å². The molecule has 3 aliphatic rings. The number of phenols is 1. The number of likely N-dealkylation sites (tertiary alicyclic amines) is 1. The second-order valence-corrected chi connectivity index (χ2v) is 11.0. The van der Waals surface area contributed by atoms with E-state index in [4.69, 9.17) is 0 Å². The van der Waals surface area contributed by atoms with Gasteiger partial charge in [-0.25, -0.2) is 4.79 Å². The predicted molar refractivity (Wildman–Crippen MR) is 143 cm³/mol. The number of nitrogens with one attached hydrogen (secondary N) is 1. The molecule has 3 unspecified atom stereocenters. The van der Waals surface area contributed by atoms with Gasteiger partial charge in [0.2, 0.25) is 11.8 Å². The SMILES string of the molecule is O=C1NC(=O)C(Cc2ccc(O)cc2)(CN2CC3CC(C2)c2cccc(=O)n2C3)C(=O)N1Cc1ccccc1. The van der Waals surface area contributed by atoms with E-state index in [9.17, 15) is 24.3 Å². The molecule has 2 N–H and O–H groups in total. The molecule has 0 radical (unpaired) electrons. The van der Waals surface area contributed by atoms with E-state index < -0.39 is 23.3 Å². The Hall–Kier alpha value is -4.24. The fourth-order valence-corrected chi connectivity index (χ4v) is 6.46. The Bertz CT molecular complexity index is 1490. The number of pyridine rings is 1. The first kappa shape index (κ1) is 25.1. The molecule has 2 fully saturated rings. The van der Waals surface area contributed by atoms with Gasteiger partial charge < -0.3 is 14.6 Å². The number of amides is 4. The predicted octanol–water partition coefficient (Wildman–Crippen LogP) is 2.48. The lowest BCUT2D eigenvalue weighted by Crippen LogP contribution is -2.67. The average molecular weight is 527 g/mol. The highest BCUT2D eigenvalue weighted by atomic mass is 16.3. The number of piperidine rings is 1. The van der Waals surface area contributed by atoms with Crippen molar-refractivity contribution in [3.05, 3.63) is 100.0 Å². The molecule has 6 rings (SSSR count). The number of carbonyl (C=O) groups is 3. The van der Waals surface area contributed by atoms with E-state index >= 15 is 0 Å². The van der Waals surface area contributed by atoms with Crippen LogP contribution in [0.5, 0.6) is 5.75 Å². The summed E-state index contributed by atoms with van der Waals surface area (Å²) in [6.07, 6.45) is 1.03. The molecule has 3 aliphatic heterocycles. The molecule has 9 nitrogen and oxygen atoms in total. The molecule has 200 valence electrons. The minimum atomic E-state index is -1.54. The molecule has 2 bridgehead atoms. The van der Waals surface area contributed by atoms with E-state index in [0.29, 0.717) is 25.2 Å². The number of hydrogen-bond acceptors (Lipinski definition) is 6. The van der Waals surface area contributed by atoms with Gasteiger partial charge in [0.15, 0.2) is 0 Å². The van der Waals surface area contributed by atoms with Crippen LogP contribution in [0.3, 0.4) is 0 Å². The Labute approximate surface area is 225 Å². The molecule has 4 heterocycles. The Kier molecular flexibility index (Phi) is 6.31. The van der Waals surface area contributed by atoms with Gasteiger partial charge in [-0.3, -0.25) is 24.6 Å². The number of nitrogens with zero attached hydrogens (tertiary/aromatic N) is 3. The summed E-state index contributed by atoms with van der Waals surface area (Å²) in [4.78, 5) is 56.6. The second kappa shape index (κ2) is 9.81. The lowest BCUT2D eigenvalue weighted by atomic mass is 9.75. The zero-order valence-corrected chi connectivity index (χ0v) is 21.5. The number of carbonyl (C=O) groups excluding carboxylic acids is 3. The molecule has 3 aromatic rings. The molecule has 2 saturated heterocycles. The number of benzene rings is 2. The van der Waals surface area contributed by atoms with E-state index in [1.807, 2.05) is 41.0 Å². The highest BCUT2D eigenvalue weighted by Crippen LogP contribution is 2.38. The summed E-state index contributed by atoms with van der Waals surface area (Å²) in [5.41, 5.74) is 0.928. The smallest absolute Gasteiger partial charge is 0.331 e. The van der Waals surface area contributed by atoms with Crippen molar-refractivity contribution in [1.82, 2.24) is 19.7 Å². The summed E-state index contributed by atoms with van der Waals surface area (Å²) in [6.45, 7) is 2.04. The fourth-order valence-electron chi connectivity index (χ4n) is 6.46. The molecular weight excluding hydrogens is 496 g/mol. The van der Waals surface area contributed by atoms with Crippen LogP contribution in [0.15, 0.2) is 77.6 Å². The number of fused-ring (bicyclic) bond motifs is 4. The highest BCUT2D eigenvalue weighted by molar-refractivity contribution is 6.19. The number of phenolic OH excluding ortho intramolecular Hbond substituents is 1. The van der Waals surface area contributed by atoms with Gasteiger partial charge >= 0.3 is 6.03 Å². The maximum Gasteiger partial charge on any atom is 0.331 e. The third-order valence-corrected chi connectivity index (χ3v) is 8.23. The van der Waals surface area contributed by atoms with Crippen molar-refractivity contribution in [3.63, 3.8) is 0 Å². The first-order chi connectivity index (χ1) is 18.8. The van der Waals surface area contributed by atoms with Crippen LogP contribution in [0.25, 0.3) is 0 Å². The summed E-state index contributed by atoms with van der Waals surface area (Å²) in [6, 6.07) is 20.3. The van der Waals surface area contributed by atoms with E-state index in [2.05, 4.69) is 10.2 Å². The van der Waals surface area contributed by atoms with Crippen molar-refractivity contribution in [2.45, 2.75) is 31.8 Å². The Morgan fingerprint density at radius 3 is 2.38 bits per heavy atom. The first-order valence-corrected chi connectivity index (χ1v) is 13.2. The molecule has 9 heteroatoms. The number of barbiturate groups is 1. The normalized spacial score (nSPS) is 24.8. The van der Waals surface area contributed by atoms with Crippen LogP contribution >= 0.6 is 0 Å². The van der Waals surface area contributed by atoms with Crippen molar-refractivity contribution in [1.29, 1.82) is 0 Å². The van der Waals surface area contributed by atoms with E-state index in [1.54, 1.807) is 24.3 Å². The van der Waals surface area contributed by atoms with Crippen LogP contribution in [0.2, 0.25) is 0 Å². The number of imide groups is 2. The van der Waals surface area contributed by atoms with Crippen LogP contribution in [0.1, 0.15) is 29.2 Å². The number of aromatic hydroxyl groups is 1. The molecule has 2 aromatic carbocycles. The molecule has 0 spiro atoms.